The van der Waals surface area contributed by atoms with Gasteiger partial charge >= 0.3 is 0 Å². The van der Waals surface area contributed by atoms with E-state index in [0.29, 0.717) is 30.9 Å². The van der Waals surface area contributed by atoms with Gasteiger partial charge < -0.3 is 15.0 Å². The van der Waals surface area contributed by atoms with Gasteiger partial charge in [0.2, 0.25) is 0 Å². The summed E-state index contributed by atoms with van der Waals surface area (Å²) in [6.45, 7) is 4.35. The summed E-state index contributed by atoms with van der Waals surface area (Å²) in [6, 6.07) is 20.5. The van der Waals surface area contributed by atoms with Crippen LogP contribution in [0.3, 0.4) is 0 Å². The van der Waals surface area contributed by atoms with Gasteiger partial charge in [0.25, 0.3) is 11.8 Å². The lowest BCUT2D eigenvalue weighted by molar-refractivity contribution is 0.0638. The number of carbonyl (C=O) groups excluding carboxylic acids is 2. The third-order valence-corrected chi connectivity index (χ3v) is 6.07. The van der Waals surface area contributed by atoms with Crippen LogP contribution in [0.4, 0.5) is 0 Å². The number of nitrogens with zero attached hydrogens (tertiary/aromatic N) is 2. The highest BCUT2D eigenvalue weighted by Gasteiger charge is 2.22. The number of rotatable bonds is 7. The standard InChI is InChI=1S/C24H25N3O3S/c28-23(22-7-4-18-31-22)25-12-13-26-14-16-27(17-15-26)24(29)19-8-10-21(11-9-19)30-20-5-2-1-3-6-20/h1-11,18H,12-17H2,(H,25,28). The lowest BCUT2D eigenvalue weighted by Gasteiger charge is -2.34. The molecule has 7 heteroatoms. The first-order valence-electron chi connectivity index (χ1n) is 10.4. The zero-order chi connectivity index (χ0) is 21.5. The average Bonchev–Trinajstić information content (AvgIpc) is 3.35. The fraction of sp³-hybridized carbons (Fsp3) is 0.250. The van der Waals surface area contributed by atoms with Crippen LogP contribution in [0.5, 0.6) is 11.5 Å². The Morgan fingerprint density at radius 1 is 0.871 bits per heavy atom. The first-order valence-corrected chi connectivity index (χ1v) is 11.2. The number of para-hydroxylation sites is 1. The predicted octanol–water partition coefficient (Wildman–Crippen LogP) is 3.73. The Labute approximate surface area is 186 Å². The maximum atomic E-state index is 12.8. The van der Waals surface area contributed by atoms with Crippen LogP contribution < -0.4 is 10.1 Å². The van der Waals surface area contributed by atoms with E-state index < -0.39 is 0 Å². The van der Waals surface area contributed by atoms with Crippen LogP contribution in [0.1, 0.15) is 20.0 Å². The molecule has 2 amide bonds. The lowest BCUT2D eigenvalue weighted by Crippen LogP contribution is -2.50. The second-order valence-corrected chi connectivity index (χ2v) is 8.25. The SMILES string of the molecule is O=C(NCCN1CCN(C(=O)c2ccc(Oc3ccccc3)cc2)CC1)c1cccs1. The van der Waals surface area contributed by atoms with E-state index in [-0.39, 0.29) is 11.8 Å². The zero-order valence-corrected chi connectivity index (χ0v) is 18.0. The van der Waals surface area contributed by atoms with Crippen LogP contribution in [0.15, 0.2) is 72.1 Å². The van der Waals surface area contributed by atoms with Crippen LogP contribution in [0, 0.1) is 0 Å². The van der Waals surface area contributed by atoms with E-state index >= 15 is 0 Å². The molecule has 0 saturated carbocycles. The van der Waals surface area contributed by atoms with E-state index in [4.69, 9.17) is 4.74 Å². The number of thiophene rings is 1. The van der Waals surface area contributed by atoms with E-state index in [0.717, 1.165) is 30.3 Å². The molecule has 0 radical (unpaired) electrons. The molecular weight excluding hydrogens is 410 g/mol. The fourth-order valence-electron chi connectivity index (χ4n) is 3.47. The van der Waals surface area contributed by atoms with Crippen LogP contribution >= 0.6 is 11.3 Å². The highest BCUT2D eigenvalue weighted by Crippen LogP contribution is 2.21. The Hall–Kier alpha value is -3.16. The van der Waals surface area contributed by atoms with Gasteiger partial charge in [0, 0.05) is 44.8 Å². The molecule has 31 heavy (non-hydrogen) atoms. The molecule has 2 aromatic carbocycles. The van der Waals surface area contributed by atoms with Crippen LogP contribution in [-0.2, 0) is 0 Å². The van der Waals surface area contributed by atoms with Crippen LogP contribution in [0.25, 0.3) is 0 Å². The number of nitrogens with one attached hydrogen (secondary N) is 1. The highest BCUT2D eigenvalue weighted by molar-refractivity contribution is 7.12. The quantitative estimate of drug-likeness (QED) is 0.614. The van der Waals surface area contributed by atoms with E-state index in [1.807, 2.05) is 77.0 Å². The minimum atomic E-state index is -0.0245. The van der Waals surface area contributed by atoms with Gasteiger partial charge in [0.15, 0.2) is 0 Å². The fourth-order valence-corrected chi connectivity index (χ4v) is 4.11. The van der Waals surface area contributed by atoms with Crippen molar-refractivity contribution < 1.29 is 14.3 Å². The van der Waals surface area contributed by atoms with Gasteiger partial charge in [-0.2, -0.15) is 0 Å². The van der Waals surface area contributed by atoms with E-state index in [1.54, 1.807) is 0 Å². The van der Waals surface area contributed by atoms with Crippen molar-refractivity contribution in [2.45, 2.75) is 0 Å². The topological polar surface area (TPSA) is 61.9 Å². The van der Waals surface area contributed by atoms with Gasteiger partial charge in [-0.05, 0) is 47.8 Å². The summed E-state index contributed by atoms with van der Waals surface area (Å²) >= 11 is 1.44. The molecule has 160 valence electrons. The summed E-state index contributed by atoms with van der Waals surface area (Å²) < 4.78 is 5.79. The Morgan fingerprint density at radius 2 is 1.58 bits per heavy atom. The third-order valence-electron chi connectivity index (χ3n) is 5.20. The normalized spacial score (nSPS) is 14.3. The molecule has 1 aliphatic heterocycles. The zero-order valence-electron chi connectivity index (χ0n) is 17.2. The van der Waals surface area contributed by atoms with Gasteiger partial charge in [-0.1, -0.05) is 24.3 Å². The van der Waals surface area contributed by atoms with Crippen molar-refractivity contribution in [3.05, 3.63) is 82.6 Å². The van der Waals surface area contributed by atoms with E-state index in [2.05, 4.69) is 10.2 Å². The summed E-state index contributed by atoms with van der Waals surface area (Å²) in [5, 5.41) is 4.85. The molecule has 6 nitrogen and oxygen atoms in total. The number of hydrogen-bond acceptors (Lipinski definition) is 5. The molecule has 1 saturated heterocycles. The molecule has 0 bridgehead atoms. The molecule has 0 aliphatic carbocycles. The molecule has 4 rings (SSSR count). The Balaban J connectivity index is 1.21. The molecule has 0 atom stereocenters. The molecule has 3 aromatic rings. The molecule has 1 N–H and O–H groups in total. The van der Waals surface area contributed by atoms with Crippen LogP contribution in [0.2, 0.25) is 0 Å². The van der Waals surface area contributed by atoms with Crippen molar-refractivity contribution in [1.29, 1.82) is 0 Å². The van der Waals surface area contributed by atoms with Gasteiger partial charge in [-0.25, -0.2) is 0 Å². The average molecular weight is 436 g/mol. The van der Waals surface area contributed by atoms with Gasteiger partial charge in [-0.3, -0.25) is 14.5 Å². The minimum Gasteiger partial charge on any atom is -0.457 e. The number of piperazine rings is 1. The number of hydrogen-bond donors (Lipinski definition) is 1. The van der Waals surface area contributed by atoms with E-state index in [1.165, 1.54) is 11.3 Å². The first kappa shape index (κ1) is 21.1. The number of ether oxygens (including phenoxy) is 1. The van der Waals surface area contributed by atoms with Crippen LogP contribution in [-0.4, -0.2) is 60.9 Å². The summed E-state index contributed by atoms with van der Waals surface area (Å²) in [6.07, 6.45) is 0. The first-order chi connectivity index (χ1) is 15.2. The lowest BCUT2D eigenvalue weighted by atomic mass is 10.1. The van der Waals surface area contributed by atoms with Crippen molar-refractivity contribution in [3.8, 4) is 11.5 Å². The molecular formula is C24H25N3O3S. The number of carbonyl (C=O) groups is 2. The summed E-state index contributed by atoms with van der Waals surface area (Å²) in [5.74, 6) is 1.49. The molecule has 0 unspecified atom stereocenters. The summed E-state index contributed by atoms with van der Waals surface area (Å²) in [5.41, 5.74) is 0.664. The second kappa shape index (κ2) is 10.2. The van der Waals surface area contributed by atoms with Crippen molar-refractivity contribution in [1.82, 2.24) is 15.1 Å². The Bertz CT molecular complexity index is 983. The van der Waals surface area contributed by atoms with Gasteiger partial charge in [-0.15, -0.1) is 11.3 Å². The Morgan fingerprint density at radius 3 is 2.26 bits per heavy atom. The smallest absolute Gasteiger partial charge is 0.261 e. The number of amides is 2. The molecule has 0 spiro atoms. The van der Waals surface area contributed by atoms with Crippen molar-refractivity contribution in [3.63, 3.8) is 0 Å². The van der Waals surface area contributed by atoms with Gasteiger partial charge in [0.05, 0.1) is 4.88 Å². The maximum Gasteiger partial charge on any atom is 0.261 e. The largest absolute Gasteiger partial charge is 0.457 e. The third kappa shape index (κ3) is 5.71. The molecule has 2 heterocycles. The summed E-state index contributed by atoms with van der Waals surface area (Å²) in [7, 11) is 0. The second-order valence-electron chi connectivity index (χ2n) is 7.31. The van der Waals surface area contributed by atoms with Crippen molar-refractivity contribution >= 4 is 23.2 Å². The van der Waals surface area contributed by atoms with E-state index in [9.17, 15) is 9.59 Å². The molecule has 1 fully saturated rings. The van der Waals surface area contributed by atoms with Crippen molar-refractivity contribution in [2.24, 2.45) is 0 Å². The number of benzene rings is 2. The summed E-state index contributed by atoms with van der Waals surface area (Å²) in [4.78, 5) is 29.7. The predicted molar refractivity (Wildman–Crippen MR) is 122 cm³/mol. The minimum absolute atomic E-state index is 0.0245. The highest BCUT2D eigenvalue weighted by atomic mass is 32.1. The Kier molecular flexibility index (Phi) is 6.96. The monoisotopic (exact) mass is 435 g/mol. The van der Waals surface area contributed by atoms with Gasteiger partial charge in [0.1, 0.15) is 11.5 Å². The molecule has 1 aliphatic rings. The van der Waals surface area contributed by atoms with Crippen molar-refractivity contribution in [2.75, 3.05) is 39.3 Å². The maximum absolute atomic E-state index is 12.8. The molecule has 1 aromatic heterocycles.